The second-order valence-electron chi connectivity index (χ2n) is 6.41. The fourth-order valence-corrected chi connectivity index (χ4v) is 3.48. The lowest BCUT2D eigenvalue weighted by atomic mass is 10.1. The predicted molar refractivity (Wildman–Crippen MR) is 113 cm³/mol. The van der Waals surface area contributed by atoms with Gasteiger partial charge in [-0.25, -0.2) is 13.8 Å². The number of benzene rings is 2. The first-order valence-electron chi connectivity index (χ1n) is 8.75. The molecule has 0 saturated carbocycles. The van der Waals surface area contributed by atoms with E-state index in [0.717, 1.165) is 21.7 Å². The minimum Gasteiger partial charge on any atom is -0.493 e. The minimum absolute atomic E-state index is 0.395. The van der Waals surface area contributed by atoms with Crippen LogP contribution >= 0.6 is 0 Å². The summed E-state index contributed by atoms with van der Waals surface area (Å²) >= 11 is 0. The molecular weight excluding hydrogens is 394 g/mol. The second kappa shape index (κ2) is 9.42. The van der Waals surface area contributed by atoms with Gasteiger partial charge in [0.2, 0.25) is 10.0 Å². The molecule has 0 fully saturated rings. The number of sulfonamides is 1. The van der Waals surface area contributed by atoms with Gasteiger partial charge in [-0.2, -0.15) is 5.10 Å². The lowest BCUT2D eigenvalue weighted by Crippen LogP contribution is -2.39. The number of methoxy groups -OCH3 is 2. The van der Waals surface area contributed by atoms with Crippen molar-refractivity contribution in [3.8, 4) is 11.5 Å². The minimum atomic E-state index is -3.66. The third-order valence-electron chi connectivity index (χ3n) is 4.29. The summed E-state index contributed by atoms with van der Waals surface area (Å²) < 4.78 is 35.9. The average molecular weight is 420 g/mol. The number of carbonyl (C=O) groups excluding carboxylic acids is 1. The first-order chi connectivity index (χ1) is 13.7. The number of amides is 1. The number of hydrogen-bond acceptors (Lipinski definition) is 6. The van der Waals surface area contributed by atoms with Gasteiger partial charge in [-0.3, -0.25) is 9.10 Å². The molecule has 1 amide bonds. The van der Waals surface area contributed by atoms with Crippen molar-refractivity contribution in [3.05, 3.63) is 53.1 Å². The zero-order chi connectivity index (χ0) is 21.6. The van der Waals surface area contributed by atoms with E-state index in [9.17, 15) is 13.2 Å². The second-order valence-corrected chi connectivity index (χ2v) is 8.32. The number of nitrogens with one attached hydrogen (secondary N) is 1. The Morgan fingerprint density at radius 1 is 1.14 bits per heavy atom. The van der Waals surface area contributed by atoms with Gasteiger partial charge in [-0.1, -0.05) is 12.1 Å². The first kappa shape index (κ1) is 22.2. The smallest absolute Gasteiger partial charge is 0.260 e. The summed E-state index contributed by atoms with van der Waals surface area (Å²) in [6, 6.07) is 10.5. The van der Waals surface area contributed by atoms with Crippen LogP contribution in [0.15, 0.2) is 41.5 Å². The highest BCUT2D eigenvalue weighted by atomic mass is 32.2. The summed E-state index contributed by atoms with van der Waals surface area (Å²) in [5.41, 5.74) is 5.33. The Morgan fingerprint density at radius 2 is 1.86 bits per heavy atom. The van der Waals surface area contributed by atoms with Crippen molar-refractivity contribution in [1.29, 1.82) is 0 Å². The molecule has 0 heterocycles. The van der Waals surface area contributed by atoms with Crippen LogP contribution in [0.3, 0.4) is 0 Å². The maximum Gasteiger partial charge on any atom is 0.260 e. The van der Waals surface area contributed by atoms with Crippen molar-refractivity contribution in [2.75, 3.05) is 31.3 Å². The van der Waals surface area contributed by atoms with E-state index in [1.54, 1.807) is 30.3 Å². The van der Waals surface area contributed by atoms with E-state index in [-0.39, 0.29) is 0 Å². The third kappa shape index (κ3) is 5.71. The van der Waals surface area contributed by atoms with Gasteiger partial charge in [0.25, 0.3) is 5.91 Å². The van der Waals surface area contributed by atoms with Crippen molar-refractivity contribution in [1.82, 2.24) is 5.43 Å². The molecule has 0 radical (unpaired) electrons. The molecule has 2 rings (SSSR count). The highest BCUT2D eigenvalue weighted by Crippen LogP contribution is 2.29. The monoisotopic (exact) mass is 419 g/mol. The lowest BCUT2D eigenvalue weighted by molar-refractivity contribution is -0.119. The summed E-state index contributed by atoms with van der Waals surface area (Å²) in [5.74, 6) is 0.424. The summed E-state index contributed by atoms with van der Waals surface area (Å²) in [6.07, 6.45) is 2.46. The van der Waals surface area contributed by atoms with Crippen LogP contribution < -0.4 is 19.2 Å². The van der Waals surface area contributed by atoms with Crippen molar-refractivity contribution < 1.29 is 22.7 Å². The van der Waals surface area contributed by atoms with E-state index < -0.39 is 22.5 Å². The largest absolute Gasteiger partial charge is 0.493 e. The Hall–Kier alpha value is -3.07. The van der Waals surface area contributed by atoms with Crippen LogP contribution in [0.25, 0.3) is 0 Å². The van der Waals surface area contributed by atoms with Crippen LogP contribution in [-0.4, -0.2) is 47.6 Å². The SMILES string of the molecule is COc1cccc(/C=N\NC(=O)CN(c2ccc(C)c(C)c2)S(C)(=O)=O)c1OC. The third-order valence-corrected chi connectivity index (χ3v) is 5.43. The van der Waals surface area contributed by atoms with Crippen LogP contribution in [0.5, 0.6) is 11.5 Å². The van der Waals surface area contributed by atoms with E-state index >= 15 is 0 Å². The Kier molecular flexibility index (Phi) is 7.22. The van der Waals surface area contributed by atoms with Gasteiger partial charge in [0.1, 0.15) is 6.54 Å². The van der Waals surface area contributed by atoms with E-state index in [2.05, 4.69) is 10.5 Å². The van der Waals surface area contributed by atoms with Crippen molar-refractivity contribution in [3.63, 3.8) is 0 Å². The molecule has 156 valence electrons. The van der Waals surface area contributed by atoms with Gasteiger partial charge < -0.3 is 9.47 Å². The average Bonchev–Trinajstić information content (AvgIpc) is 2.67. The normalized spacial score (nSPS) is 11.3. The quantitative estimate of drug-likeness (QED) is 0.523. The number of para-hydroxylation sites is 1. The predicted octanol–water partition coefficient (Wildman–Crippen LogP) is 2.24. The molecule has 0 spiro atoms. The van der Waals surface area contributed by atoms with E-state index in [0.29, 0.717) is 22.7 Å². The zero-order valence-corrected chi connectivity index (χ0v) is 17.9. The number of anilines is 1. The lowest BCUT2D eigenvalue weighted by Gasteiger charge is -2.22. The molecule has 2 aromatic rings. The van der Waals surface area contributed by atoms with Gasteiger partial charge in [-0.15, -0.1) is 0 Å². The Balaban J connectivity index is 2.15. The summed E-state index contributed by atoms with van der Waals surface area (Å²) in [5, 5.41) is 3.90. The Bertz CT molecular complexity index is 1020. The maximum absolute atomic E-state index is 12.3. The van der Waals surface area contributed by atoms with Crippen LogP contribution in [0.2, 0.25) is 0 Å². The van der Waals surface area contributed by atoms with Crippen LogP contribution in [0.1, 0.15) is 16.7 Å². The molecule has 0 saturated heterocycles. The molecule has 8 nitrogen and oxygen atoms in total. The maximum atomic E-state index is 12.3. The van der Waals surface area contributed by atoms with Gasteiger partial charge >= 0.3 is 0 Å². The molecule has 0 bridgehead atoms. The molecule has 0 aromatic heterocycles. The number of nitrogens with zero attached hydrogens (tertiary/aromatic N) is 2. The van der Waals surface area contributed by atoms with Crippen LogP contribution in [0, 0.1) is 13.8 Å². The van der Waals surface area contributed by atoms with Crippen molar-refractivity contribution in [2.45, 2.75) is 13.8 Å². The standard InChI is InChI=1S/C20H25N3O5S/c1-14-9-10-17(11-15(14)2)23(29(5,25)26)13-19(24)22-21-12-16-7-6-8-18(27-3)20(16)28-4/h6-12H,13H2,1-5H3,(H,22,24)/b21-12-. The fraction of sp³-hybridized carbons (Fsp3) is 0.300. The number of carbonyl (C=O) groups is 1. The van der Waals surface area contributed by atoms with E-state index in [1.807, 2.05) is 19.9 Å². The molecule has 29 heavy (non-hydrogen) atoms. The summed E-state index contributed by atoms with van der Waals surface area (Å²) in [6.45, 7) is 3.41. The van der Waals surface area contributed by atoms with Gasteiger partial charge in [0, 0.05) is 5.56 Å². The van der Waals surface area contributed by atoms with E-state index in [4.69, 9.17) is 9.47 Å². The Morgan fingerprint density at radius 3 is 2.45 bits per heavy atom. The molecule has 1 N–H and O–H groups in total. The van der Waals surface area contributed by atoms with E-state index in [1.165, 1.54) is 20.4 Å². The van der Waals surface area contributed by atoms with Crippen molar-refractivity contribution >= 4 is 27.8 Å². The number of ether oxygens (including phenoxy) is 2. The molecule has 0 atom stereocenters. The van der Waals surface area contributed by atoms with Crippen LogP contribution in [-0.2, 0) is 14.8 Å². The zero-order valence-electron chi connectivity index (χ0n) is 17.1. The molecule has 0 aliphatic carbocycles. The highest BCUT2D eigenvalue weighted by molar-refractivity contribution is 7.92. The summed E-state index contributed by atoms with van der Waals surface area (Å²) in [4.78, 5) is 12.3. The Labute approximate surface area is 171 Å². The first-order valence-corrected chi connectivity index (χ1v) is 10.6. The molecular formula is C20H25N3O5S. The summed E-state index contributed by atoms with van der Waals surface area (Å²) in [7, 11) is -0.633. The fourth-order valence-electron chi connectivity index (χ4n) is 2.63. The number of hydrogen-bond donors (Lipinski definition) is 1. The topological polar surface area (TPSA) is 97.3 Å². The highest BCUT2D eigenvalue weighted by Gasteiger charge is 2.21. The van der Waals surface area contributed by atoms with Gasteiger partial charge in [-0.05, 0) is 49.2 Å². The molecule has 0 aliphatic heterocycles. The van der Waals surface area contributed by atoms with Gasteiger partial charge in [0.05, 0.1) is 32.4 Å². The number of aryl methyl sites for hydroxylation is 2. The molecule has 2 aromatic carbocycles. The molecule has 0 aliphatic rings. The van der Waals surface area contributed by atoms with Crippen LogP contribution in [0.4, 0.5) is 5.69 Å². The molecule has 9 heteroatoms. The van der Waals surface area contributed by atoms with Crippen molar-refractivity contribution in [2.24, 2.45) is 5.10 Å². The van der Waals surface area contributed by atoms with Gasteiger partial charge in [0.15, 0.2) is 11.5 Å². The molecule has 0 unspecified atom stereocenters. The number of rotatable bonds is 8. The number of hydrazone groups is 1.